The molecule has 4 nitrogen and oxygen atoms in total. The van der Waals surface area contributed by atoms with Gasteiger partial charge in [0, 0.05) is 5.02 Å². The molecule has 2 aromatic rings. The minimum atomic E-state index is -0.667. The monoisotopic (exact) mass is 291 g/mol. The van der Waals surface area contributed by atoms with Crippen molar-refractivity contribution >= 4 is 23.4 Å². The van der Waals surface area contributed by atoms with Crippen LogP contribution in [0.2, 0.25) is 5.02 Å². The Hall–Kier alpha value is -1.65. The maximum absolute atomic E-state index is 10.6. The first-order valence-electron chi connectivity index (χ1n) is 6.38. The Morgan fingerprint density at radius 3 is 2.45 bits per heavy atom. The molecule has 1 aromatic carbocycles. The SMILES string of the molecule is CC(C)(C)[C@H](O)/C(=C\c1ccc(Cl)cc1)n1cncn1. The molecule has 1 atom stereocenters. The molecule has 5 heteroatoms. The summed E-state index contributed by atoms with van der Waals surface area (Å²) in [5.74, 6) is 0. The van der Waals surface area contributed by atoms with Gasteiger partial charge in [-0.25, -0.2) is 9.67 Å². The van der Waals surface area contributed by atoms with Crippen LogP contribution in [0.15, 0.2) is 36.9 Å². The Balaban J connectivity index is 2.44. The van der Waals surface area contributed by atoms with Gasteiger partial charge in [-0.1, -0.05) is 44.5 Å². The van der Waals surface area contributed by atoms with Crippen LogP contribution in [0.3, 0.4) is 0 Å². The fraction of sp³-hybridized carbons (Fsp3) is 0.333. The van der Waals surface area contributed by atoms with Crippen LogP contribution in [0.1, 0.15) is 26.3 Å². The zero-order valence-corrected chi connectivity index (χ0v) is 12.5. The summed E-state index contributed by atoms with van der Waals surface area (Å²) < 4.78 is 1.59. The predicted molar refractivity (Wildman–Crippen MR) is 81.1 cm³/mol. The zero-order chi connectivity index (χ0) is 14.8. The molecule has 20 heavy (non-hydrogen) atoms. The Morgan fingerprint density at radius 2 is 1.95 bits per heavy atom. The summed E-state index contributed by atoms with van der Waals surface area (Å²) in [5.41, 5.74) is 1.32. The van der Waals surface area contributed by atoms with Gasteiger partial charge in [-0.2, -0.15) is 5.10 Å². The smallest absolute Gasteiger partial charge is 0.138 e. The summed E-state index contributed by atoms with van der Waals surface area (Å²) in [6.07, 6.45) is 4.25. The van der Waals surface area contributed by atoms with E-state index in [0.717, 1.165) is 5.56 Å². The first-order chi connectivity index (χ1) is 9.38. The number of halogens is 1. The molecule has 0 aliphatic heterocycles. The van der Waals surface area contributed by atoms with E-state index in [1.807, 2.05) is 51.1 Å². The third-order valence-electron chi connectivity index (χ3n) is 2.97. The number of benzene rings is 1. The van der Waals surface area contributed by atoms with E-state index in [9.17, 15) is 5.11 Å². The van der Waals surface area contributed by atoms with Gasteiger partial charge in [0.25, 0.3) is 0 Å². The highest BCUT2D eigenvalue weighted by molar-refractivity contribution is 6.30. The topological polar surface area (TPSA) is 50.9 Å². The molecular weight excluding hydrogens is 274 g/mol. The fourth-order valence-corrected chi connectivity index (χ4v) is 1.91. The molecule has 2 rings (SSSR count). The third-order valence-corrected chi connectivity index (χ3v) is 3.22. The van der Waals surface area contributed by atoms with Gasteiger partial charge >= 0.3 is 0 Å². The number of aliphatic hydroxyl groups is 1. The second-order valence-corrected chi connectivity index (χ2v) is 6.17. The molecule has 1 N–H and O–H groups in total. The molecule has 0 aliphatic carbocycles. The summed E-state index contributed by atoms with van der Waals surface area (Å²) >= 11 is 5.89. The van der Waals surface area contributed by atoms with Crippen LogP contribution in [0.4, 0.5) is 0 Å². The van der Waals surface area contributed by atoms with Crippen LogP contribution < -0.4 is 0 Å². The minimum Gasteiger partial charge on any atom is -0.386 e. The highest BCUT2D eigenvalue weighted by Crippen LogP contribution is 2.28. The van der Waals surface area contributed by atoms with Crippen molar-refractivity contribution in [3.63, 3.8) is 0 Å². The molecule has 0 unspecified atom stereocenters. The van der Waals surface area contributed by atoms with Gasteiger partial charge in [0.1, 0.15) is 18.8 Å². The second-order valence-electron chi connectivity index (χ2n) is 5.73. The molecule has 106 valence electrons. The van der Waals surface area contributed by atoms with Crippen molar-refractivity contribution in [3.8, 4) is 0 Å². The van der Waals surface area contributed by atoms with Crippen LogP contribution in [0, 0.1) is 5.41 Å². The fourth-order valence-electron chi connectivity index (χ4n) is 1.79. The molecule has 0 amide bonds. The normalized spacial score (nSPS) is 14.3. The number of rotatable bonds is 3. The number of nitrogens with zero attached hydrogens (tertiary/aromatic N) is 3. The van der Waals surface area contributed by atoms with Crippen LogP contribution in [-0.2, 0) is 0 Å². The van der Waals surface area contributed by atoms with E-state index in [0.29, 0.717) is 10.7 Å². The van der Waals surface area contributed by atoms with E-state index < -0.39 is 6.10 Å². The quantitative estimate of drug-likeness (QED) is 0.943. The molecule has 1 heterocycles. The Labute approximate surface area is 123 Å². The molecule has 0 aliphatic rings. The lowest BCUT2D eigenvalue weighted by Gasteiger charge is -2.27. The average molecular weight is 292 g/mol. The van der Waals surface area contributed by atoms with Gasteiger partial charge in [0.05, 0.1) is 5.70 Å². The number of hydrogen-bond donors (Lipinski definition) is 1. The molecule has 0 saturated heterocycles. The van der Waals surface area contributed by atoms with Gasteiger partial charge < -0.3 is 5.11 Å². The molecule has 0 spiro atoms. The summed E-state index contributed by atoms with van der Waals surface area (Å²) in [4.78, 5) is 3.94. The first-order valence-corrected chi connectivity index (χ1v) is 6.76. The average Bonchev–Trinajstić information content (AvgIpc) is 2.90. The molecule has 0 radical (unpaired) electrons. The summed E-state index contributed by atoms with van der Waals surface area (Å²) in [6, 6.07) is 7.43. The Bertz CT molecular complexity index is 583. The van der Waals surface area contributed by atoms with Crippen molar-refractivity contribution in [2.75, 3.05) is 0 Å². The number of aromatic nitrogens is 3. The minimum absolute atomic E-state index is 0.301. The van der Waals surface area contributed by atoms with Crippen molar-refractivity contribution in [2.45, 2.75) is 26.9 Å². The van der Waals surface area contributed by atoms with Crippen molar-refractivity contribution in [3.05, 3.63) is 47.5 Å². The largest absolute Gasteiger partial charge is 0.386 e. The highest BCUT2D eigenvalue weighted by Gasteiger charge is 2.27. The lowest BCUT2D eigenvalue weighted by Crippen LogP contribution is -2.29. The summed E-state index contributed by atoms with van der Waals surface area (Å²) in [6.45, 7) is 5.93. The van der Waals surface area contributed by atoms with Gasteiger partial charge in [-0.3, -0.25) is 0 Å². The van der Waals surface area contributed by atoms with E-state index in [2.05, 4.69) is 10.1 Å². The van der Waals surface area contributed by atoms with Crippen molar-refractivity contribution in [2.24, 2.45) is 5.41 Å². The molecule has 0 fully saturated rings. The van der Waals surface area contributed by atoms with Crippen molar-refractivity contribution in [1.29, 1.82) is 0 Å². The van der Waals surface area contributed by atoms with Crippen molar-refractivity contribution in [1.82, 2.24) is 14.8 Å². The maximum Gasteiger partial charge on any atom is 0.138 e. The molecule has 0 saturated carbocycles. The van der Waals surface area contributed by atoms with Gasteiger partial charge in [0.15, 0.2) is 0 Å². The molecular formula is C15H18ClN3O. The predicted octanol–water partition coefficient (Wildman–Crippen LogP) is 3.34. The zero-order valence-electron chi connectivity index (χ0n) is 11.8. The molecule has 0 bridgehead atoms. The Morgan fingerprint density at radius 1 is 1.30 bits per heavy atom. The van der Waals surface area contributed by atoms with Gasteiger partial charge in [0.2, 0.25) is 0 Å². The van der Waals surface area contributed by atoms with Gasteiger partial charge in [-0.05, 0) is 29.2 Å². The lowest BCUT2D eigenvalue weighted by atomic mass is 9.86. The second kappa shape index (κ2) is 5.77. The van der Waals surface area contributed by atoms with E-state index in [-0.39, 0.29) is 5.41 Å². The standard InChI is InChI=1S/C15H18ClN3O/c1-15(2,3)14(20)13(19-10-17-9-18-19)8-11-4-6-12(16)7-5-11/h4-10,14,20H,1-3H3/b13-8+/t14-/m1/s1. The van der Waals surface area contributed by atoms with E-state index in [1.165, 1.54) is 6.33 Å². The van der Waals surface area contributed by atoms with Crippen LogP contribution in [-0.4, -0.2) is 26.0 Å². The lowest BCUT2D eigenvalue weighted by molar-refractivity contribution is 0.109. The third kappa shape index (κ3) is 3.46. The van der Waals surface area contributed by atoms with Crippen molar-refractivity contribution < 1.29 is 5.11 Å². The maximum atomic E-state index is 10.6. The van der Waals surface area contributed by atoms with E-state index in [4.69, 9.17) is 11.6 Å². The van der Waals surface area contributed by atoms with E-state index >= 15 is 0 Å². The summed E-state index contributed by atoms with van der Waals surface area (Å²) in [7, 11) is 0. The number of hydrogen-bond acceptors (Lipinski definition) is 3. The first kappa shape index (κ1) is 14.8. The Kier molecular flexibility index (Phi) is 4.26. The van der Waals surface area contributed by atoms with Crippen LogP contribution in [0.25, 0.3) is 11.8 Å². The summed E-state index contributed by atoms with van der Waals surface area (Å²) in [5, 5.41) is 15.3. The van der Waals surface area contributed by atoms with E-state index in [1.54, 1.807) is 11.0 Å². The highest BCUT2D eigenvalue weighted by atomic mass is 35.5. The van der Waals surface area contributed by atoms with Crippen LogP contribution >= 0.6 is 11.6 Å². The van der Waals surface area contributed by atoms with Crippen LogP contribution in [0.5, 0.6) is 0 Å². The van der Waals surface area contributed by atoms with Gasteiger partial charge in [-0.15, -0.1) is 0 Å². The number of aliphatic hydroxyl groups excluding tert-OH is 1. The molecule has 1 aromatic heterocycles.